The molecule has 29 heavy (non-hydrogen) atoms. The fourth-order valence-corrected chi connectivity index (χ4v) is 3.55. The van der Waals surface area contributed by atoms with Gasteiger partial charge in [-0.3, -0.25) is 0 Å². The number of phosphoric ester groups is 1. The van der Waals surface area contributed by atoms with Crippen molar-refractivity contribution in [1.29, 1.82) is 0 Å². The van der Waals surface area contributed by atoms with E-state index in [1.54, 1.807) is 13.8 Å². The number of hydrogen-bond acceptors (Lipinski definition) is 7. The number of ether oxygens (including phenoxy) is 2. The molecular weight excluding hydrogens is 399 g/mol. The highest BCUT2D eigenvalue weighted by atomic mass is 31.2. The first-order valence-electron chi connectivity index (χ1n) is 10.9. The lowest BCUT2D eigenvalue weighted by Gasteiger charge is -2.31. The molecule has 0 saturated heterocycles. The summed E-state index contributed by atoms with van der Waals surface area (Å²) in [5.41, 5.74) is 8.00. The lowest BCUT2D eigenvalue weighted by atomic mass is 9.97. The van der Waals surface area contributed by atoms with Gasteiger partial charge in [0.05, 0.1) is 26.5 Å². The van der Waals surface area contributed by atoms with E-state index in [9.17, 15) is 19.5 Å². The summed E-state index contributed by atoms with van der Waals surface area (Å²) in [6.07, 6.45) is 11.8. The molecule has 0 bridgehead atoms. The van der Waals surface area contributed by atoms with Crippen molar-refractivity contribution in [2.24, 2.45) is 0 Å². The van der Waals surface area contributed by atoms with Crippen molar-refractivity contribution < 1.29 is 44.9 Å². The zero-order chi connectivity index (χ0) is 22.1. The van der Waals surface area contributed by atoms with Gasteiger partial charge in [-0.15, -0.1) is 0 Å². The summed E-state index contributed by atoms with van der Waals surface area (Å²) >= 11 is 0. The molecule has 0 aromatic rings. The van der Waals surface area contributed by atoms with Crippen LogP contribution in [0.2, 0.25) is 0 Å². The standard InChI is InChI=1S/C7H17O7P.2C6H13N/c1-3-12-7(13-4-2)6(8)5-14-15(9,10)11;2*7-6-4-2-1-3-5-6/h6-8H,3-5H2,1-2H3,(H2,9,10,11);2*6H,1-5,7H2/t6-;;/m1../s1. The van der Waals surface area contributed by atoms with Crippen molar-refractivity contribution in [3.63, 3.8) is 0 Å². The van der Waals surface area contributed by atoms with E-state index in [1.807, 2.05) is 0 Å². The highest BCUT2D eigenvalue weighted by Crippen LogP contribution is 2.25. The molecular formula is C19H43N2O7P. The van der Waals surface area contributed by atoms with Crippen LogP contribution in [0.1, 0.15) is 78.1 Å². The summed E-state index contributed by atoms with van der Waals surface area (Å²) in [5.74, 6) is 0. The Morgan fingerprint density at radius 2 is 1.28 bits per heavy atom. The zero-order valence-corrected chi connectivity index (χ0v) is 19.2. The van der Waals surface area contributed by atoms with E-state index in [-0.39, 0.29) is 13.2 Å². The van der Waals surface area contributed by atoms with Crippen LogP contribution in [0.3, 0.4) is 0 Å². The average molecular weight is 443 g/mol. The van der Waals surface area contributed by atoms with Crippen LogP contribution in [-0.4, -0.2) is 49.4 Å². The normalized spacial score (nSPS) is 19.7. The molecule has 0 aromatic heterocycles. The van der Waals surface area contributed by atoms with Crippen LogP contribution < -0.4 is 21.3 Å². The third-order valence-corrected chi connectivity index (χ3v) is 5.29. The van der Waals surface area contributed by atoms with Gasteiger partial charge in [-0.05, 0) is 65.2 Å². The number of rotatable bonds is 8. The van der Waals surface area contributed by atoms with E-state index in [2.05, 4.69) is 16.0 Å². The zero-order valence-electron chi connectivity index (χ0n) is 18.3. The Labute approximate surface area is 175 Å². The molecule has 0 spiro atoms. The van der Waals surface area contributed by atoms with Gasteiger partial charge >= 0.3 is 0 Å². The number of quaternary nitrogens is 2. The molecule has 0 aliphatic heterocycles. The molecule has 2 saturated carbocycles. The average Bonchev–Trinajstić information content (AvgIpc) is 2.68. The Bertz CT molecular complexity index is 391. The van der Waals surface area contributed by atoms with Gasteiger partial charge in [0, 0.05) is 13.2 Å². The molecule has 2 fully saturated rings. The second kappa shape index (κ2) is 17.6. The van der Waals surface area contributed by atoms with Crippen LogP contribution in [0, 0.1) is 0 Å². The van der Waals surface area contributed by atoms with E-state index >= 15 is 0 Å². The summed E-state index contributed by atoms with van der Waals surface area (Å²) in [6, 6.07) is 1.57. The molecule has 0 unspecified atom stereocenters. The summed E-state index contributed by atoms with van der Waals surface area (Å²) in [5, 5.41) is 9.36. The minimum atomic E-state index is -5.07. The van der Waals surface area contributed by atoms with Crippen molar-refractivity contribution in [1.82, 2.24) is 0 Å². The van der Waals surface area contributed by atoms with Crippen molar-refractivity contribution in [3.05, 3.63) is 0 Å². The minimum Gasteiger partial charge on any atom is -0.790 e. The summed E-state index contributed by atoms with van der Waals surface area (Å²) in [6.45, 7) is 3.27. The van der Waals surface area contributed by atoms with Crippen LogP contribution in [-0.2, 0) is 18.6 Å². The molecule has 10 heteroatoms. The van der Waals surface area contributed by atoms with Crippen LogP contribution in [0.15, 0.2) is 0 Å². The van der Waals surface area contributed by atoms with Crippen molar-refractivity contribution in [2.75, 3.05) is 19.8 Å². The quantitative estimate of drug-likeness (QED) is 0.343. The molecule has 2 aliphatic carbocycles. The largest absolute Gasteiger partial charge is 0.790 e. The SMILES string of the molecule is CCOC(OCC)[C@H](O)COP(=O)([O-])[O-].[NH3+]C1CCCCC1.[NH3+]C1CCCCC1. The highest BCUT2D eigenvalue weighted by molar-refractivity contribution is 7.43. The second-order valence-corrected chi connectivity index (χ2v) is 8.75. The monoisotopic (exact) mass is 442 g/mol. The summed E-state index contributed by atoms with van der Waals surface area (Å²) < 4.78 is 24.0. The maximum Gasteiger partial charge on any atom is 0.185 e. The van der Waals surface area contributed by atoms with Crippen LogP contribution in [0.5, 0.6) is 0 Å². The van der Waals surface area contributed by atoms with Gasteiger partial charge in [0.15, 0.2) is 6.29 Å². The number of aliphatic hydroxyl groups excluding tert-OH is 1. The molecule has 2 aliphatic rings. The van der Waals surface area contributed by atoms with Crippen molar-refractivity contribution >= 4 is 7.82 Å². The molecule has 7 N–H and O–H groups in total. The van der Waals surface area contributed by atoms with Gasteiger partial charge in [-0.25, -0.2) is 0 Å². The maximum absolute atomic E-state index is 10.1. The third-order valence-electron chi connectivity index (χ3n) is 4.83. The lowest BCUT2D eigenvalue weighted by Crippen LogP contribution is -2.61. The molecule has 0 aromatic carbocycles. The smallest absolute Gasteiger partial charge is 0.185 e. The van der Waals surface area contributed by atoms with Gasteiger partial charge in [0.25, 0.3) is 0 Å². The minimum absolute atomic E-state index is 0.286. The highest BCUT2D eigenvalue weighted by Gasteiger charge is 2.20. The first-order chi connectivity index (χ1) is 13.7. The molecule has 9 nitrogen and oxygen atoms in total. The fourth-order valence-electron chi connectivity index (χ4n) is 3.22. The molecule has 0 heterocycles. The first-order valence-corrected chi connectivity index (χ1v) is 12.4. The Morgan fingerprint density at radius 3 is 1.52 bits per heavy atom. The molecule has 176 valence electrons. The van der Waals surface area contributed by atoms with Gasteiger partial charge < -0.3 is 44.9 Å². The van der Waals surface area contributed by atoms with Crippen LogP contribution >= 0.6 is 7.82 Å². The third kappa shape index (κ3) is 18.4. The second-order valence-electron chi connectivity index (χ2n) is 7.60. The molecule has 0 amide bonds. The predicted octanol–water partition coefficient (Wildman–Crippen LogP) is -0.286. The van der Waals surface area contributed by atoms with Crippen LogP contribution in [0.4, 0.5) is 0 Å². The molecule has 2 rings (SSSR count). The Morgan fingerprint density at radius 1 is 0.897 bits per heavy atom. The number of phosphoric acid groups is 1. The van der Waals surface area contributed by atoms with Gasteiger partial charge in [-0.1, -0.05) is 12.8 Å². The van der Waals surface area contributed by atoms with Crippen molar-refractivity contribution in [2.45, 2.75) is 103 Å². The number of hydrogen-bond donors (Lipinski definition) is 3. The summed E-state index contributed by atoms with van der Waals surface area (Å²) in [4.78, 5) is 20.3. The topological polar surface area (TPSA) is 166 Å². The molecule has 1 atom stereocenters. The Kier molecular flexibility index (Phi) is 17.5. The van der Waals surface area contributed by atoms with E-state index in [4.69, 9.17) is 9.47 Å². The Hall–Kier alpha value is -0.0900. The van der Waals surface area contributed by atoms with E-state index in [0.717, 1.165) is 12.1 Å². The predicted molar refractivity (Wildman–Crippen MR) is 106 cm³/mol. The van der Waals surface area contributed by atoms with Gasteiger partial charge in [0.1, 0.15) is 6.10 Å². The number of aliphatic hydroxyl groups is 1. The maximum atomic E-state index is 10.1. The van der Waals surface area contributed by atoms with Gasteiger partial charge in [0.2, 0.25) is 0 Å². The van der Waals surface area contributed by atoms with E-state index < -0.39 is 26.8 Å². The van der Waals surface area contributed by atoms with Gasteiger partial charge in [-0.2, -0.15) is 0 Å². The van der Waals surface area contributed by atoms with Crippen LogP contribution in [0.25, 0.3) is 0 Å². The summed E-state index contributed by atoms with van der Waals surface area (Å²) in [7, 11) is -5.07. The Balaban J connectivity index is 0.000000458. The van der Waals surface area contributed by atoms with E-state index in [1.165, 1.54) is 64.2 Å². The van der Waals surface area contributed by atoms with E-state index in [0.29, 0.717) is 0 Å². The van der Waals surface area contributed by atoms with Crippen molar-refractivity contribution in [3.8, 4) is 0 Å². The molecule has 0 radical (unpaired) electrons. The fraction of sp³-hybridized carbons (Fsp3) is 1.00. The first kappa shape index (κ1) is 28.9. The lowest BCUT2D eigenvalue weighted by molar-refractivity contribution is -0.425.